The lowest BCUT2D eigenvalue weighted by atomic mass is 10.2. The molecule has 0 aromatic carbocycles. The molecule has 3 heteroatoms. The van der Waals surface area contributed by atoms with Crippen LogP contribution in [0.1, 0.15) is 11.3 Å². The summed E-state index contributed by atoms with van der Waals surface area (Å²) in [5, 5.41) is 0.693. The summed E-state index contributed by atoms with van der Waals surface area (Å²) in [6.07, 6.45) is 1.82. The van der Waals surface area contributed by atoms with E-state index in [0.717, 1.165) is 16.9 Å². The molecule has 0 aliphatic carbocycles. The largest absolute Gasteiger partial charge is 0.335 e. The fourth-order valence-electron chi connectivity index (χ4n) is 1.61. The van der Waals surface area contributed by atoms with Gasteiger partial charge in [0, 0.05) is 24.5 Å². The first-order chi connectivity index (χ1) is 6.59. The third-order valence-electron chi connectivity index (χ3n) is 2.34. The lowest BCUT2D eigenvalue weighted by Crippen LogP contribution is -2.11. The van der Waals surface area contributed by atoms with Gasteiger partial charge in [-0.1, -0.05) is 0 Å². The van der Waals surface area contributed by atoms with Gasteiger partial charge >= 0.3 is 0 Å². The number of hydrogen-bond acceptors (Lipinski definition) is 2. The van der Waals surface area contributed by atoms with Crippen LogP contribution >= 0.6 is 0 Å². The van der Waals surface area contributed by atoms with Crippen LogP contribution in [0, 0.1) is 13.8 Å². The van der Waals surface area contributed by atoms with Crippen molar-refractivity contribution in [2.75, 3.05) is 0 Å². The first-order valence-electron chi connectivity index (χ1n) is 4.53. The molecular weight excluding hydrogens is 176 g/mol. The molecule has 0 radical (unpaired) electrons. The smallest absolute Gasteiger partial charge is 0.193 e. The second-order valence-corrected chi connectivity index (χ2v) is 3.58. The minimum atomic E-state index is 0.0746. The van der Waals surface area contributed by atoms with Crippen LogP contribution in [-0.4, -0.2) is 9.55 Å². The van der Waals surface area contributed by atoms with E-state index in [-0.39, 0.29) is 5.43 Å². The summed E-state index contributed by atoms with van der Waals surface area (Å²) < 4.78 is 1.89. The first-order valence-corrected chi connectivity index (χ1v) is 4.53. The van der Waals surface area contributed by atoms with Gasteiger partial charge in [0.05, 0.1) is 5.39 Å². The molecule has 2 aromatic heterocycles. The fourth-order valence-corrected chi connectivity index (χ4v) is 1.61. The topological polar surface area (TPSA) is 34.9 Å². The summed E-state index contributed by atoms with van der Waals surface area (Å²) in [5.41, 5.74) is 2.51. The molecule has 0 fully saturated rings. The van der Waals surface area contributed by atoms with E-state index in [1.54, 1.807) is 0 Å². The zero-order valence-electron chi connectivity index (χ0n) is 8.53. The molecule has 0 spiro atoms. The molecule has 2 rings (SSSR count). The highest BCUT2D eigenvalue weighted by atomic mass is 16.1. The number of nitrogens with zero attached hydrogens (tertiary/aromatic N) is 2. The van der Waals surface area contributed by atoms with Crippen molar-refractivity contribution in [3.63, 3.8) is 0 Å². The minimum absolute atomic E-state index is 0.0746. The summed E-state index contributed by atoms with van der Waals surface area (Å²) >= 11 is 0. The molecular formula is C11H12N2O. The highest BCUT2D eigenvalue weighted by Gasteiger charge is 2.04. The Bertz CT molecular complexity index is 555. The molecule has 0 bridgehead atoms. The zero-order valence-corrected chi connectivity index (χ0v) is 8.53. The van der Waals surface area contributed by atoms with E-state index in [1.807, 2.05) is 43.8 Å². The second kappa shape index (κ2) is 2.94. The lowest BCUT2D eigenvalue weighted by molar-refractivity contribution is 0.913. The maximum absolute atomic E-state index is 11.7. The molecule has 0 N–H and O–H groups in total. The van der Waals surface area contributed by atoms with Crippen molar-refractivity contribution in [1.82, 2.24) is 9.55 Å². The molecule has 14 heavy (non-hydrogen) atoms. The van der Waals surface area contributed by atoms with Gasteiger partial charge in [0.2, 0.25) is 0 Å². The summed E-state index contributed by atoms with van der Waals surface area (Å²) in [6.45, 7) is 3.74. The van der Waals surface area contributed by atoms with Crippen molar-refractivity contribution in [3.05, 3.63) is 39.8 Å². The van der Waals surface area contributed by atoms with Crippen LogP contribution < -0.4 is 5.43 Å². The molecule has 2 heterocycles. The summed E-state index contributed by atoms with van der Waals surface area (Å²) in [5.74, 6) is 0. The Labute approximate surface area is 82.0 Å². The van der Waals surface area contributed by atoms with Crippen LogP contribution in [0.25, 0.3) is 11.0 Å². The number of pyridine rings is 2. The number of rotatable bonds is 0. The molecule has 0 aliphatic heterocycles. The van der Waals surface area contributed by atoms with Gasteiger partial charge in [-0.25, -0.2) is 4.98 Å². The molecule has 2 aromatic rings. The van der Waals surface area contributed by atoms with Crippen LogP contribution in [0.4, 0.5) is 0 Å². The van der Waals surface area contributed by atoms with Crippen LogP contribution in [-0.2, 0) is 7.05 Å². The van der Waals surface area contributed by atoms with E-state index in [9.17, 15) is 4.79 Å². The van der Waals surface area contributed by atoms with E-state index < -0.39 is 0 Å². The molecule has 0 aliphatic rings. The van der Waals surface area contributed by atoms with Crippen LogP contribution in [0.15, 0.2) is 23.1 Å². The van der Waals surface area contributed by atoms with E-state index in [0.29, 0.717) is 5.39 Å². The minimum Gasteiger partial charge on any atom is -0.335 e. The molecule has 0 saturated carbocycles. The Kier molecular flexibility index (Phi) is 1.88. The van der Waals surface area contributed by atoms with Gasteiger partial charge in [-0.3, -0.25) is 4.79 Å². The predicted octanol–water partition coefficient (Wildman–Crippen LogP) is 1.55. The lowest BCUT2D eigenvalue weighted by Gasteiger charge is -2.05. The van der Waals surface area contributed by atoms with Gasteiger partial charge in [-0.05, 0) is 26.0 Å². The highest BCUT2D eigenvalue weighted by Crippen LogP contribution is 2.08. The predicted molar refractivity (Wildman–Crippen MR) is 56.5 cm³/mol. The normalized spacial score (nSPS) is 10.8. The van der Waals surface area contributed by atoms with E-state index in [4.69, 9.17) is 0 Å². The Hall–Kier alpha value is -1.64. The van der Waals surface area contributed by atoms with E-state index in [2.05, 4.69) is 4.98 Å². The standard InChI is InChI=1S/C11H12N2O/c1-7-6-13(3)11-9(10(7)14)5-4-8(2)12-11/h4-6H,1-3H3. The maximum atomic E-state index is 11.7. The van der Waals surface area contributed by atoms with Gasteiger partial charge in [-0.15, -0.1) is 0 Å². The number of aromatic nitrogens is 2. The first kappa shape index (κ1) is 8.94. The highest BCUT2D eigenvalue weighted by molar-refractivity contribution is 5.75. The van der Waals surface area contributed by atoms with Gasteiger partial charge in [0.25, 0.3) is 0 Å². The van der Waals surface area contributed by atoms with Crippen molar-refractivity contribution in [2.45, 2.75) is 13.8 Å². The van der Waals surface area contributed by atoms with Crippen molar-refractivity contribution < 1.29 is 0 Å². The van der Waals surface area contributed by atoms with E-state index in [1.165, 1.54) is 0 Å². The Morgan fingerprint density at radius 3 is 2.71 bits per heavy atom. The quantitative estimate of drug-likeness (QED) is 0.628. The van der Waals surface area contributed by atoms with Gasteiger partial charge in [0.15, 0.2) is 5.43 Å². The third-order valence-corrected chi connectivity index (χ3v) is 2.34. The molecule has 0 saturated heterocycles. The monoisotopic (exact) mass is 188 g/mol. The van der Waals surface area contributed by atoms with Gasteiger partial charge < -0.3 is 4.57 Å². The molecule has 0 amide bonds. The zero-order chi connectivity index (χ0) is 10.3. The summed E-state index contributed by atoms with van der Waals surface area (Å²) in [4.78, 5) is 16.1. The average molecular weight is 188 g/mol. The summed E-state index contributed by atoms with van der Waals surface area (Å²) in [7, 11) is 1.90. The van der Waals surface area contributed by atoms with Gasteiger partial charge in [0.1, 0.15) is 5.65 Å². The van der Waals surface area contributed by atoms with Crippen molar-refractivity contribution in [2.24, 2.45) is 7.05 Å². The number of fused-ring (bicyclic) bond motifs is 1. The van der Waals surface area contributed by atoms with Gasteiger partial charge in [-0.2, -0.15) is 0 Å². The molecule has 0 atom stereocenters. The Morgan fingerprint density at radius 1 is 1.29 bits per heavy atom. The van der Waals surface area contributed by atoms with E-state index >= 15 is 0 Å². The van der Waals surface area contributed by atoms with Crippen molar-refractivity contribution >= 4 is 11.0 Å². The van der Waals surface area contributed by atoms with Crippen LogP contribution in [0.5, 0.6) is 0 Å². The van der Waals surface area contributed by atoms with Crippen LogP contribution in [0.3, 0.4) is 0 Å². The fraction of sp³-hybridized carbons (Fsp3) is 0.273. The molecule has 72 valence electrons. The average Bonchev–Trinajstić information content (AvgIpc) is 2.14. The SMILES string of the molecule is Cc1ccc2c(=O)c(C)cn(C)c2n1. The number of aryl methyl sites for hydroxylation is 3. The molecule has 0 unspecified atom stereocenters. The maximum Gasteiger partial charge on any atom is 0.193 e. The van der Waals surface area contributed by atoms with Crippen molar-refractivity contribution in [1.29, 1.82) is 0 Å². The summed E-state index contributed by atoms with van der Waals surface area (Å²) in [6, 6.07) is 3.70. The Morgan fingerprint density at radius 2 is 2.00 bits per heavy atom. The molecule has 3 nitrogen and oxygen atoms in total. The third kappa shape index (κ3) is 1.21. The Balaban J connectivity index is 3.02. The second-order valence-electron chi connectivity index (χ2n) is 3.58. The number of hydrogen-bond donors (Lipinski definition) is 0. The van der Waals surface area contributed by atoms with Crippen LogP contribution in [0.2, 0.25) is 0 Å². The van der Waals surface area contributed by atoms with Crippen molar-refractivity contribution in [3.8, 4) is 0 Å².